The maximum atomic E-state index is 12.3. The Kier molecular flexibility index (Phi) is 2.82. The van der Waals surface area contributed by atoms with Crippen molar-refractivity contribution >= 4 is 33.5 Å². The molecule has 22 heavy (non-hydrogen) atoms. The molecule has 1 atom stereocenters. The summed E-state index contributed by atoms with van der Waals surface area (Å²) >= 11 is 0. The van der Waals surface area contributed by atoms with Crippen molar-refractivity contribution in [1.29, 1.82) is 0 Å². The van der Waals surface area contributed by atoms with Crippen LogP contribution in [0.25, 0.3) is 21.5 Å². The summed E-state index contributed by atoms with van der Waals surface area (Å²) in [5.41, 5.74) is 0.478. The largest absolute Gasteiger partial charge is 0.424 e. The van der Waals surface area contributed by atoms with Gasteiger partial charge in [-0.25, -0.2) is 4.79 Å². The Morgan fingerprint density at radius 2 is 1.68 bits per heavy atom. The number of esters is 2. The van der Waals surface area contributed by atoms with Gasteiger partial charge < -0.3 is 9.47 Å². The van der Waals surface area contributed by atoms with E-state index in [1.807, 2.05) is 48.5 Å². The van der Waals surface area contributed by atoms with E-state index in [-0.39, 0.29) is 12.4 Å². The lowest BCUT2D eigenvalue weighted by atomic mass is 10.00. The number of hydrogen-bond donors (Lipinski definition) is 0. The molecule has 1 heterocycles. The Morgan fingerprint density at radius 1 is 1.00 bits per heavy atom. The monoisotopic (exact) mass is 292 g/mol. The molecule has 0 N–H and O–H groups in total. The molecule has 0 saturated carbocycles. The molecule has 4 heteroatoms. The summed E-state index contributed by atoms with van der Waals surface area (Å²) in [6, 6.07) is 17.5. The van der Waals surface area contributed by atoms with Gasteiger partial charge in [0.2, 0.25) is 0 Å². The van der Waals surface area contributed by atoms with Crippen LogP contribution in [0.1, 0.15) is 16.8 Å². The summed E-state index contributed by atoms with van der Waals surface area (Å²) in [4.78, 5) is 23.1. The smallest absolute Gasteiger partial charge is 0.341 e. The van der Waals surface area contributed by atoms with Crippen LogP contribution in [0.4, 0.5) is 0 Å². The lowest BCUT2D eigenvalue weighted by molar-refractivity contribution is -0.203. The molecule has 108 valence electrons. The highest BCUT2D eigenvalue weighted by atomic mass is 16.7. The van der Waals surface area contributed by atoms with E-state index in [4.69, 9.17) is 9.47 Å². The van der Waals surface area contributed by atoms with Crippen LogP contribution in [0.15, 0.2) is 54.6 Å². The van der Waals surface area contributed by atoms with Crippen LogP contribution in [-0.2, 0) is 14.3 Å². The summed E-state index contributed by atoms with van der Waals surface area (Å²) < 4.78 is 9.91. The molecule has 3 aromatic carbocycles. The maximum absolute atomic E-state index is 12.3. The first kappa shape index (κ1) is 12.8. The van der Waals surface area contributed by atoms with Crippen LogP contribution < -0.4 is 0 Å². The van der Waals surface area contributed by atoms with Crippen molar-refractivity contribution < 1.29 is 19.1 Å². The Labute approximate surface area is 126 Å². The second-order valence-corrected chi connectivity index (χ2v) is 5.25. The standard InChI is InChI=1S/C18H12O4/c19-16-10-17(21-16)22-18(20)14-7-3-6-13-8-11-4-1-2-5-12(11)9-15(13)14/h1-9,17H,10H2. The van der Waals surface area contributed by atoms with Gasteiger partial charge >= 0.3 is 11.9 Å². The number of carbonyl (C=O) groups excluding carboxylic acids is 2. The fraction of sp³-hybridized carbons (Fsp3) is 0.111. The predicted octanol–water partition coefficient (Wildman–Crippen LogP) is 3.42. The average molecular weight is 292 g/mol. The number of rotatable bonds is 2. The number of ether oxygens (including phenoxy) is 2. The van der Waals surface area contributed by atoms with E-state index in [1.54, 1.807) is 6.07 Å². The van der Waals surface area contributed by atoms with Crippen LogP contribution in [0.5, 0.6) is 0 Å². The normalized spacial score (nSPS) is 17.1. The fourth-order valence-corrected chi connectivity index (χ4v) is 2.67. The SMILES string of the molecule is O=C1CC(OC(=O)c2cccc3cc4ccccc4cc23)O1. The lowest BCUT2D eigenvalue weighted by Gasteiger charge is -2.24. The van der Waals surface area contributed by atoms with Crippen LogP contribution in [0.3, 0.4) is 0 Å². The molecule has 0 radical (unpaired) electrons. The van der Waals surface area contributed by atoms with Gasteiger partial charge in [0.05, 0.1) is 5.56 Å². The highest BCUT2D eigenvalue weighted by Crippen LogP contribution is 2.27. The van der Waals surface area contributed by atoms with Gasteiger partial charge in [-0.15, -0.1) is 0 Å². The number of fused-ring (bicyclic) bond motifs is 2. The molecule has 0 amide bonds. The lowest BCUT2D eigenvalue weighted by Crippen LogP contribution is -2.36. The first-order valence-electron chi connectivity index (χ1n) is 7.03. The van der Waals surface area contributed by atoms with E-state index in [2.05, 4.69) is 0 Å². The molecule has 0 bridgehead atoms. The predicted molar refractivity (Wildman–Crippen MR) is 81.4 cm³/mol. The molecule has 4 nitrogen and oxygen atoms in total. The molecule has 1 aliphatic heterocycles. The van der Waals surface area contributed by atoms with Crippen molar-refractivity contribution in [3.05, 3.63) is 60.2 Å². The van der Waals surface area contributed by atoms with Crippen molar-refractivity contribution in [2.75, 3.05) is 0 Å². The van der Waals surface area contributed by atoms with E-state index < -0.39 is 12.3 Å². The molecule has 0 aliphatic carbocycles. The van der Waals surface area contributed by atoms with Crippen molar-refractivity contribution in [3.63, 3.8) is 0 Å². The van der Waals surface area contributed by atoms with Gasteiger partial charge in [0.1, 0.15) is 6.42 Å². The molecule has 1 unspecified atom stereocenters. The Bertz CT molecular complexity index is 905. The van der Waals surface area contributed by atoms with Crippen molar-refractivity contribution in [2.24, 2.45) is 0 Å². The van der Waals surface area contributed by atoms with Crippen molar-refractivity contribution in [2.45, 2.75) is 12.7 Å². The number of carbonyl (C=O) groups is 2. The van der Waals surface area contributed by atoms with Gasteiger partial charge in [-0.1, -0.05) is 36.4 Å². The third kappa shape index (κ3) is 2.09. The van der Waals surface area contributed by atoms with Gasteiger partial charge in [0.25, 0.3) is 6.29 Å². The second-order valence-electron chi connectivity index (χ2n) is 5.25. The average Bonchev–Trinajstić information content (AvgIpc) is 2.50. The van der Waals surface area contributed by atoms with E-state index in [9.17, 15) is 9.59 Å². The minimum Gasteiger partial charge on any atom is -0.424 e. The highest BCUT2D eigenvalue weighted by molar-refractivity contribution is 6.09. The fourth-order valence-electron chi connectivity index (χ4n) is 2.67. The van der Waals surface area contributed by atoms with Crippen LogP contribution in [0.2, 0.25) is 0 Å². The molecule has 3 aromatic rings. The van der Waals surface area contributed by atoms with Gasteiger partial charge in [-0.05, 0) is 39.7 Å². The quantitative estimate of drug-likeness (QED) is 0.536. The molecule has 1 fully saturated rings. The van der Waals surface area contributed by atoms with Gasteiger partial charge in [0.15, 0.2) is 0 Å². The number of benzene rings is 3. The van der Waals surface area contributed by atoms with Gasteiger partial charge in [0, 0.05) is 0 Å². The summed E-state index contributed by atoms with van der Waals surface area (Å²) in [5.74, 6) is -0.819. The van der Waals surface area contributed by atoms with E-state index in [0.29, 0.717) is 5.56 Å². The first-order valence-corrected chi connectivity index (χ1v) is 7.03. The van der Waals surface area contributed by atoms with E-state index >= 15 is 0 Å². The molecule has 0 aromatic heterocycles. The van der Waals surface area contributed by atoms with Crippen LogP contribution in [0, 0.1) is 0 Å². The van der Waals surface area contributed by atoms with Crippen LogP contribution >= 0.6 is 0 Å². The minimum absolute atomic E-state index is 0.124. The minimum atomic E-state index is -0.754. The highest BCUT2D eigenvalue weighted by Gasteiger charge is 2.32. The molecular formula is C18H12O4. The van der Waals surface area contributed by atoms with Crippen LogP contribution in [-0.4, -0.2) is 18.2 Å². The summed E-state index contributed by atoms with van der Waals surface area (Å²) in [5, 5.41) is 3.98. The Hall–Kier alpha value is -2.88. The molecule has 1 aliphatic rings. The van der Waals surface area contributed by atoms with Gasteiger partial charge in [-0.2, -0.15) is 0 Å². The summed E-state index contributed by atoms with van der Waals surface area (Å²) in [6.07, 6.45) is -0.630. The Balaban J connectivity index is 1.78. The summed E-state index contributed by atoms with van der Waals surface area (Å²) in [6.45, 7) is 0. The molecule has 4 rings (SSSR count). The van der Waals surface area contributed by atoms with Crippen molar-refractivity contribution in [3.8, 4) is 0 Å². The number of cyclic esters (lactones) is 1. The Morgan fingerprint density at radius 3 is 2.41 bits per heavy atom. The number of hydrogen-bond acceptors (Lipinski definition) is 4. The zero-order valence-corrected chi connectivity index (χ0v) is 11.6. The van der Waals surface area contributed by atoms with Gasteiger partial charge in [-0.3, -0.25) is 4.79 Å². The summed E-state index contributed by atoms with van der Waals surface area (Å²) in [7, 11) is 0. The van der Waals surface area contributed by atoms with Crippen molar-refractivity contribution in [1.82, 2.24) is 0 Å². The molecular weight excluding hydrogens is 280 g/mol. The zero-order valence-electron chi connectivity index (χ0n) is 11.6. The van der Waals surface area contributed by atoms with E-state index in [1.165, 1.54) is 0 Å². The zero-order chi connectivity index (χ0) is 15.1. The maximum Gasteiger partial charge on any atom is 0.341 e. The third-order valence-electron chi connectivity index (χ3n) is 3.80. The molecule has 0 spiro atoms. The second kappa shape index (κ2) is 4.84. The third-order valence-corrected chi connectivity index (χ3v) is 3.80. The topological polar surface area (TPSA) is 52.6 Å². The molecule has 1 saturated heterocycles. The first-order chi connectivity index (χ1) is 10.7. The van der Waals surface area contributed by atoms with E-state index in [0.717, 1.165) is 21.5 Å².